The van der Waals surface area contributed by atoms with Gasteiger partial charge >= 0.3 is 12.3 Å². The molecule has 0 aliphatic heterocycles. The van der Waals surface area contributed by atoms with Crippen molar-refractivity contribution in [1.29, 1.82) is 0 Å². The van der Waals surface area contributed by atoms with Gasteiger partial charge in [0.2, 0.25) is 0 Å². The molecule has 0 spiro atoms. The Balaban J connectivity index is 2.07. The summed E-state index contributed by atoms with van der Waals surface area (Å²) in [5, 5.41) is 4.09. The zero-order chi connectivity index (χ0) is 13.9. The molecule has 102 valence electrons. The molecule has 1 N–H and O–H groups in total. The van der Waals surface area contributed by atoms with Crippen molar-refractivity contribution >= 4 is 10.8 Å². The van der Waals surface area contributed by atoms with Gasteiger partial charge in [0.15, 0.2) is 0 Å². The molecule has 0 saturated carbocycles. The molecule has 0 fully saturated rings. The second-order valence-corrected chi connectivity index (χ2v) is 4.19. The second kappa shape index (κ2) is 5.52. The van der Waals surface area contributed by atoms with Gasteiger partial charge in [0.25, 0.3) is 0 Å². The topological polar surface area (TPSA) is 24.9 Å². The largest absolute Gasteiger partial charge is 0.319 e. The first-order chi connectivity index (χ1) is 9.00. The molecule has 0 atom stereocenters. The Morgan fingerprint density at radius 1 is 1.16 bits per heavy atom. The minimum atomic E-state index is -4.02. The van der Waals surface area contributed by atoms with Crippen molar-refractivity contribution in [1.82, 2.24) is 10.3 Å². The molecule has 6 heteroatoms. The number of halogens is 4. The fourth-order valence-corrected chi connectivity index (χ4v) is 1.76. The van der Waals surface area contributed by atoms with Crippen molar-refractivity contribution in [3.63, 3.8) is 0 Å². The van der Waals surface area contributed by atoms with Crippen molar-refractivity contribution < 1.29 is 17.6 Å². The molecule has 1 aromatic heterocycles. The van der Waals surface area contributed by atoms with E-state index >= 15 is 0 Å². The number of hydrogen-bond donors (Lipinski definition) is 1. The van der Waals surface area contributed by atoms with E-state index in [0.29, 0.717) is 5.56 Å². The van der Waals surface area contributed by atoms with E-state index in [1.165, 1.54) is 6.20 Å². The molecule has 0 aliphatic rings. The normalized spacial score (nSPS) is 12.3. The highest BCUT2D eigenvalue weighted by Crippen LogP contribution is 2.22. The summed E-state index contributed by atoms with van der Waals surface area (Å²) >= 11 is 0. The first-order valence-electron chi connectivity index (χ1n) is 5.69. The number of nitrogens with one attached hydrogen (secondary N) is 1. The molecule has 0 amide bonds. The van der Waals surface area contributed by atoms with Gasteiger partial charge in [-0.25, -0.2) is 8.78 Å². The fourth-order valence-electron chi connectivity index (χ4n) is 1.76. The van der Waals surface area contributed by atoms with E-state index in [2.05, 4.69) is 10.3 Å². The summed E-state index contributed by atoms with van der Waals surface area (Å²) in [6.45, 7) is -0.995. The Hall–Kier alpha value is -1.69. The molecular formula is C13H12F4N2. The standard InChI is InChI=1S/C13H12F4N2/c14-12(15)13(16,17)8-19-7-10-6-18-5-9-3-1-2-4-11(9)10/h1-6,12,19H,7-8H2. The second-order valence-electron chi connectivity index (χ2n) is 4.19. The number of benzene rings is 1. The summed E-state index contributed by atoms with van der Waals surface area (Å²) in [6, 6.07) is 7.34. The van der Waals surface area contributed by atoms with Crippen LogP contribution < -0.4 is 5.32 Å². The molecule has 2 nitrogen and oxygen atoms in total. The summed E-state index contributed by atoms with van der Waals surface area (Å²) in [7, 11) is 0. The van der Waals surface area contributed by atoms with Crippen LogP contribution in [0.1, 0.15) is 5.56 Å². The van der Waals surface area contributed by atoms with Crippen LogP contribution in [0.2, 0.25) is 0 Å². The van der Waals surface area contributed by atoms with Crippen LogP contribution in [-0.2, 0) is 6.54 Å². The van der Waals surface area contributed by atoms with E-state index in [1.807, 2.05) is 24.3 Å². The lowest BCUT2D eigenvalue weighted by Gasteiger charge is -2.16. The highest BCUT2D eigenvalue weighted by Gasteiger charge is 2.39. The van der Waals surface area contributed by atoms with E-state index in [0.717, 1.165) is 10.8 Å². The van der Waals surface area contributed by atoms with Crippen molar-refractivity contribution in [2.45, 2.75) is 18.9 Å². The maximum Gasteiger partial charge on any atom is 0.319 e. The zero-order valence-corrected chi connectivity index (χ0v) is 9.91. The van der Waals surface area contributed by atoms with E-state index in [4.69, 9.17) is 0 Å². The number of pyridine rings is 1. The fraction of sp³-hybridized carbons (Fsp3) is 0.308. The average Bonchev–Trinajstić information content (AvgIpc) is 2.38. The quantitative estimate of drug-likeness (QED) is 0.845. The number of alkyl halides is 4. The first-order valence-corrected chi connectivity index (χ1v) is 5.69. The van der Waals surface area contributed by atoms with Crippen molar-refractivity contribution in [3.8, 4) is 0 Å². The van der Waals surface area contributed by atoms with Crippen LogP contribution >= 0.6 is 0 Å². The lowest BCUT2D eigenvalue weighted by Crippen LogP contribution is -2.38. The van der Waals surface area contributed by atoms with Gasteiger partial charge in [0.1, 0.15) is 0 Å². The van der Waals surface area contributed by atoms with E-state index < -0.39 is 18.9 Å². The summed E-state index contributed by atoms with van der Waals surface area (Å²) in [5.41, 5.74) is 0.697. The first kappa shape index (κ1) is 13.7. The third-order valence-corrected chi connectivity index (χ3v) is 2.75. The number of nitrogens with zero attached hydrogens (tertiary/aromatic N) is 1. The highest BCUT2D eigenvalue weighted by atomic mass is 19.3. The number of hydrogen-bond acceptors (Lipinski definition) is 2. The smallest absolute Gasteiger partial charge is 0.307 e. The van der Waals surface area contributed by atoms with Gasteiger partial charge in [0, 0.05) is 24.3 Å². The SMILES string of the molecule is FC(F)C(F)(F)CNCc1cncc2ccccc12. The van der Waals surface area contributed by atoms with Crippen LogP contribution in [0, 0.1) is 0 Å². The molecule has 2 rings (SSSR count). The maximum absolute atomic E-state index is 12.7. The van der Waals surface area contributed by atoms with Crippen LogP contribution in [0.4, 0.5) is 17.6 Å². The monoisotopic (exact) mass is 272 g/mol. The minimum Gasteiger partial charge on any atom is -0.307 e. The van der Waals surface area contributed by atoms with Crippen LogP contribution in [0.5, 0.6) is 0 Å². The van der Waals surface area contributed by atoms with Gasteiger partial charge < -0.3 is 5.32 Å². The third kappa shape index (κ3) is 3.20. The van der Waals surface area contributed by atoms with Crippen LogP contribution in [0.3, 0.4) is 0 Å². The zero-order valence-electron chi connectivity index (χ0n) is 9.91. The Bertz CT molecular complexity index is 552. The van der Waals surface area contributed by atoms with Crippen LogP contribution in [-0.4, -0.2) is 23.9 Å². The molecule has 2 aromatic rings. The van der Waals surface area contributed by atoms with Crippen molar-refractivity contribution in [3.05, 3.63) is 42.2 Å². The Morgan fingerprint density at radius 3 is 2.63 bits per heavy atom. The number of fused-ring (bicyclic) bond motifs is 1. The minimum absolute atomic E-state index is 0.0661. The summed E-state index contributed by atoms with van der Waals surface area (Å²) in [5.74, 6) is -4.02. The van der Waals surface area contributed by atoms with Crippen LogP contribution in [0.25, 0.3) is 10.8 Å². The van der Waals surface area contributed by atoms with Gasteiger partial charge in [0.05, 0.1) is 6.54 Å². The Morgan fingerprint density at radius 2 is 1.89 bits per heavy atom. The Kier molecular flexibility index (Phi) is 3.99. The molecule has 0 unspecified atom stereocenters. The summed E-state index contributed by atoms with van der Waals surface area (Å²) < 4.78 is 49.4. The van der Waals surface area contributed by atoms with Gasteiger partial charge in [-0.05, 0) is 10.9 Å². The highest BCUT2D eigenvalue weighted by molar-refractivity contribution is 5.84. The van der Waals surface area contributed by atoms with Crippen LogP contribution in [0.15, 0.2) is 36.7 Å². The molecule has 0 saturated heterocycles. The Labute approximate surface area is 107 Å². The summed E-state index contributed by atoms with van der Waals surface area (Å²) in [6.07, 6.45) is -0.465. The van der Waals surface area contributed by atoms with Crippen molar-refractivity contribution in [2.24, 2.45) is 0 Å². The van der Waals surface area contributed by atoms with Gasteiger partial charge in [-0.3, -0.25) is 4.98 Å². The van der Waals surface area contributed by atoms with Crippen molar-refractivity contribution in [2.75, 3.05) is 6.54 Å². The lowest BCUT2D eigenvalue weighted by molar-refractivity contribution is -0.125. The molecule has 0 aliphatic carbocycles. The van der Waals surface area contributed by atoms with E-state index in [9.17, 15) is 17.6 Å². The summed E-state index contributed by atoms with van der Waals surface area (Å²) in [4.78, 5) is 3.99. The molecule has 0 bridgehead atoms. The molecule has 1 aromatic carbocycles. The van der Waals surface area contributed by atoms with E-state index in [-0.39, 0.29) is 6.54 Å². The molecule has 1 heterocycles. The molecule has 0 radical (unpaired) electrons. The van der Waals surface area contributed by atoms with Gasteiger partial charge in [-0.1, -0.05) is 24.3 Å². The lowest BCUT2D eigenvalue weighted by atomic mass is 10.1. The number of rotatable bonds is 5. The predicted octanol–water partition coefficient (Wildman–Crippen LogP) is 3.22. The molecular weight excluding hydrogens is 260 g/mol. The maximum atomic E-state index is 12.7. The molecule has 19 heavy (non-hydrogen) atoms. The average molecular weight is 272 g/mol. The van der Waals surface area contributed by atoms with Gasteiger partial charge in [-0.15, -0.1) is 0 Å². The van der Waals surface area contributed by atoms with E-state index in [1.54, 1.807) is 6.20 Å². The van der Waals surface area contributed by atoms with Gasteiger partial charge in [-0.2, -0.15) is 8.78 Å². The number of aromatic nitrogens is 1. The predicted molar refractivity (Wildman–Crippen MR) is 64.4 cm³/mol. The third-order valence-electron chi connectivity index (χ3n) is 2.75.